The Morgan fingerprint density at radius 1 is 1.15 bits per heavy atom. The summed E-state index contributed by atoms with van der Waals surface area (Å²) in [5, 5.41) is 3.66. The number of carbonyl (C=O) groups is 1. The molecule has 142 valence electrons. The van der Waals surface area contributed by atoms with E-state index in [4.69, 9.17) is 0 Å². The number of amides is 1. The molecule has 0 unspecified atom stereocenters. The van der Waals surface area contributed by atoms with Gasteiger partial charge in [0.2, 0.25) is 5.91 Å². The number of aromatic nitrogens is 1. The van der Waals surface area contributed by atoms with E-state index >= 15 is 0 Å². The first-order valence-electron chi connectivity index (χ1n) is 8.49. The first-order valence-corrected chi connectivity index (χ1v) is 8.49. The van der Waals surface area contributed by atoms with Crippen LogP contribution >= 0.6 is 0 Å². The molecule has 2 N–H and O–H groups in total. The predicted molar refractivity (Wildman–Crippen MR) is 101 cm³/mol. The molecule has 0 atom stereocenters. The summed E-state index contributed by atoms with van der Waals surface area (Å²) < 4.78 is 39.0. The smallest absolute Gasteiger partial charge is 0.376 e. The SMILES string of the molecule is CN(C)c1ccc(C(F)(F)F)cc1NC(=O)CCc1c[nH]c2ccccc12. The first kappa shape index (κ1) is 18.8. The minimum absolute atomic E-state index is 0.152. The second-order valence-corrected chi connectivity index (χ2v) is 6.53. The van der Waals surface area contributed by atoms with E-state index in [9.17, 15) is 18.0 Å². The number of aryl methyl sites for hydroxylation is 1. The molecule has 0 radical (unpaired) electrons. The second-order valence-electron chi connectivity index (χ2n) is 6.53. The predicted octanol–water partition coefficient (Wildman–Crippen LogP) is 4.82. The van der Waals surface area contributed by atoms with Crippen molar-refractivity contribution in [3.63, 3.8) is 0 Å². The van der Waals surface area contributed by atoms with Crippen LogP contribution in [0, 0.1) is 0 Å². The third-order valence-electron chi connectivity index (χ3n) is 4.38. The summed E-state index contributed by atoms with van der Waals surface area (Å²) >= 11 is 0. The minimum Gasteiger partial charge on any atom is -0.376 e. The van der Waals surface area contributed by atoms with Gasteiger partial charge in [0.05, 0.1) is 16.9 Å². The number of alkyl halides is 3. The molecule has 3 rings (SSSR count). The number of carbonyl (C=O) groups excluding carboxylic acids is 1. The highest BCUT2D eigenvalue weighted by Crippen LogP contribution is 2.35. The van der Waals surface area contributed by atoms with E-state index in [1.54, 1.807) is 19.0 Å². The summed E-state index contributed by atoms with van der Waals surface area (Å²) in [5.74, 6) is -0.331. The van der Waals surface area contributed by atoms with Crippen molar-refractivity contribution in [2.24, 2.45) is 0 Å². The number of rotatable bonds is 5. The van der Waals surface area contributed by atoms with Gasteiger partial charge in [-0.1, -0.05) is 18.2 Å². The van der Waals surface area contributed by atoms with E-state index < -0.39 is 11.7 Å². The topological polar surface area (TPSA) is 48.1 Å². The van der Waals surface area contributed by atoms with Gasteiger partial charge >= 0.3 is 6.18 Å². The number of H-pyrrole nitrogens is 1. The Bertz CT molecular complexity index is 961. The van der Waals surface area contributed by atoms with Crippen molar-refractivity contribution in [1.82, 2.24) is 4.98 Å². The van der Waals surface area contributed by atoms with Crippen LogP contribution in [0.15, 0.2) is 48.7 Å². The molecule has 2 aromatic carbocycles. The normalized spacial score (nSPS) is 11.6. The highest BCUT2D eigenvalue weighted by atomic mass is 19.4. The number of hydrogen-bond acceptors (Lipinski definition) is 2. The molecule has 0 saturated heterocycles. The molecule has 0 bridgehead atoms. The standard InChI is InChI=1S/C20H20F3N3O/c1-26(2)18-9-8-14(20(21,22)23)11-17(18)25-19(27)10-7-13-12-24-16-6-4-3-5-15(13)16/h3-6,8-9,11-12,24H,7,10H2,1-2H3,(H,25,27). The number of para-hydroxylation sites is 1. The van der Waals surface area contributed by atoms with Gasteiger partial charge in [-0.2, -0.15) is 13.2 Å². The first-order chi connectivity index (χ1) is 12.8. The van der Waals surface area contributed by atoms with Crippen LogP contribution in [0.4, 0.5) is 24.5 Å². The molecule has 0 aliphatic carbocycles. The summed E-state index contributed by atoms with van der Waals surface area (Å²) in [6, 6.07) is 11.1. The fourth-order valence-electron chi connectivity index (χ4n) is 3.00. The van der Waals surface area contributed by atoms with Crippen LogP contribution < -0.4 is 10.2 Å². The van der Waals surface area contributed by atoms with Crippen LogP contribution in [0.2, 0.25) is 0 Å². The van der Waals surface area contributed by atoms with Gasteiger partial charge in [0, 0.05) is 37.6 Å². The van der Waals surface area contributed by atoms with Crippen molar-refractivity contribution in [2.75, 3.05) is 24.3 Å². The molecule has 1 aromatic heterocycles. The van der Waals surface area contributed by atoms with Gasteiger partial charge in [-0.05, 0) is 36.2 Å². The van der Waals surface area contributed by atoms with Crippen molar-refractivity contribution in [2.45, 2.75) is 19.0 Å². The van der Waals surface area contributed by atoms with E-state index in [2.05, 4.69) is 10.3 Å². The number of hydrogen-bond donors (Lipinski definition) is 2. The average Bonchev–Trinajstić information content (AvgIpc) is 3.02. The number of fused-ring (bicyclic) bond motifs is 1. The molecule has 0 aliphatic heterocycles. The molecule has 0 saturated carbocycles. The molecule has 1 amide bonds. The van der Waals surface area contributed by atoms with Crippen molar-refractivity contribution in [3.8, 4) is 0 Å². The molecule has 0 aliphatic rings. The summed E-state index contributed by atoms with van der Waals surface area (Å²) in [5.41, 5.74) is 1.86. The highest BCUT2D eigenvalue weighted by Gasteiger charge is 2.31. The molecule has 1 heterocycles. The minimum atomic E-state index is -4.46. The summed E-state index contributed by atoms with van der Waals surface area (Å²) in [6.07, 6.45) is -1.95. The van der Waals surface area contributed by atoms with Crippen LogP contribution in [0.1, 0.15) is 17.5 Å². The Labute approximate surface area is 155 Å². The highest BCUT2D eigenvalue weighted by molar-refractivity contribution is 5.95. The second kappa shape index (κ2) is 7.34. The number of nitrogens with one attached hydrogen (secondary N) is 2. The molecule has 27 heavy (non-hydrogen) atoms. The van der Waals surface area contributed by atoms with Gasteiger partial charge < -0.3 is 15.2 Å². The number of benzene rings is 2. The third kappa shape index (κ3) is 4.24. The maximum absolute atomic E-state index is 13.0. The lowest BCUT2D eigenvalue weighted by molar-refractivity contribution is -0.137. The van der Waals surface area contributed by atoms with Crippen molar-refractivity contribution in [3.05, 3.63) is 59.8 Å². The van der Waals surface area contributed by atoms with Crippen LogP contribution in [-0.2, 0) is 17.4 Å². The average molecular weight is 375 g/mol. The van der Waals surface area contributed by atoms with Gasteiger partial charge in [0.1, 0.15) is 0 Å². The summed E-state index contributed by atoms with van der Waals surface area (Å²) in [7, 11) is 3.42. The molecule has 0 spiro atoms. The van der Waals surface area contributed by atoms with Gasteiger partial charge in [-0.3, -0.25) is 4.79 Å². The third-order valence-corrected chi connectivity index (χ3v) is 4.38. The Kier molecular flexibility index (Phi) is 5.12. The number of aromatic amines is 1. The molecule has 3 aromatic rings. The maximum Gasteiger partial charge on any atom is 0.416 e. The fourth-order valence-corrected chi connectivity index (χ4v) is 3.00. The largest absolute Gasteiger partial charge is 0.416 e. The lowest BCUT2D eigenvalue weighted by Crippen LogP contribution is -2.18. The van der Waals surface area contributed by atoms with Crippen LogP contribution in [0.5, 0.6) is 0 Å². The van der Waals surface area contributed by atoms with E-state index in [1.807, 2.05) is 30.5 Å². The lowest BCUT2D eigenvalue weighted by atomic mass is 10.1. The van der Waals surface area contributed by atoms with Gasteiger partial charge in [0.15, 0.2) is 0 Å². The number of halogens is 3. The van der Waals surface area contributed by atoms with Gasteiger partial charge in [-0.15, -0.1) is 0 Å². The van der Waals surface area contributed by atoms with Crippen LogP contribution in [0.25, 0.3) is 10.9 Å². The summed E-state index contributed by atoms with van der Waals surface area (Å²) in [4.78, 5) is 17.2. The molecule has 7 heteroatoms. The molecular formula is C20H20F3N3O. The molecule has 0 fully saturated rings. The maximum atomic E-state index is 13.0. The van der Waals surface area contributed by atoms with E-state index in [0.29, 0.717) is 12.1 Å². The zero-order chi connectivity index (χ0) is 19.6. The van der Waals surface area contributed by atoms with Gasteiger partial charge in [0.25, 0.3) is 0 Å². The van der Waals surface area contributed by atoms with Gasteiger partial charge in [-0.25, -0.2) is 0 Å². The Balaban J connectivity index is 1.75. The van der Waals surface area contributed by atoms with E-state index in [0.717, 1.165) is 28.6 Å². The van der Waals surface area contributed by atoms with Crippen molar-refractivity contribution >= 4 is 28.2 Å². The Morgan fingerprint density at radius 2 is 1.89 bits per heavy atom. The van der Waals surface area contributed by atoms with Crippen LogP contribution in [0.3, 0.4) is 0 Å². The van der Waals surface area contributed by atoms with E-state index in [1.165, 1.54) is 6.07 Å². The zero-order valence-electron chi connectivity index (χ0n) is 15.0. The van der Waals surface area contributed by atoms with Crippen molar-refractivity contribution < 1.29 is 18.0 Å². The lowest BCUT2D eigenvalue weighted by Gasteiger charge is -2.19. The van der Waals surface area contributed by atoms with Crippen molar-refractivity contribution in [1.29, 1.82) is 0 Å². The number of anilines is 2. The molecule has 4 nitrogen and oxygen atoms in total. The molecular weight excluding hydrogens is 355 g/mol. The van der Waals surface area contributed by atoms with Crippen LogP contribution in [-0.4, -0.2) is 25.0 Å². The fraction of sp³-hybridized carbons (Fsp3) is 0.250. The monoisotopic (exact) mass is 375 g/mol. The van der Waals surface area contributed by atoms with E-state index in [-0.39, 0.29) is 18.0 Å². The quantitative estimate of drug-likeness (QED) is 0.671. The Hall–Kier alpha value is -2.96. The summed E-state index contributed by atoms with van der Waals surface area (Å²) in [6.45, 7) is 0. The number of nitrogens with zero attached hydrogens (tertiary/aromatic N) is 1. The Morgan fingerprint density at radius 3 is 2.59 bits per heavy atom. The zero-order valence-corrected chi connectivity index (χ0v) is 15.0.